The molecule has 6 heteroatoms. The Balaban J connectivity index is 1.71. The Bertz CT molecular complexity index is 842. The van der Waals surface area contributed by atoms with Gasteiger partial charge in [-0.05, 0) is 27.4 Å². The van der Waals surface area contributed by atoms with E-state index >= 15 is 0 Å². The van der Waals surface area contributed by atoms with E-state index < -0.39 is 0 Å². The molecular formula is C17H14BrN3OS. The molecule has 23 heavy (non-hydrogen) atoms. The fraction of sp³-hybridized carbons (Fsp3) is 0.176. The molecule has 0 radical (unpaired) electrons. The fourth-order valence-corrected chi connectivity index (χ4v) is 4.08. The van der Waals surface area contributed by atoms with Gasteiger partial charge >= 0.3 is 0 Å². The number of carbonyl (C=O) groups is 1. The van der Waals surface area contributed by atoms with Gasteiger partial charge in [0.05, 0.1) is 24.5 Å². The maximum absolute atomic E-state index is 12.4. The number of aromatic nitrogens is 2. The van der Waals surface area contributed by atoms with Crippen LogP contribution in [-0.4, -0.2) is 20.4 Å². The summed E-state index contributed by atoms with van der Waals surface area (Å²) in [6.07, 6.45) is 0. The number of benzene rings is 1. The van der Waals surface area contributed by atoms with Crippen molar-refractivity contribution in [3.8, 4) is 11.3 Å². The quantitative estimate of drug-likeness (QED) is 0.682. The number of fused-ring (bicyclic) bond motifs is 1. The zero-order valence-corrected chi connectivity index (χ0v) is 14.7. The topological polar surface area (TPSA) is 38.1 Å². The highest BCUT2D eigenvalue weighted by Gasteiger charge is 2.28. The minimum Gasteiger partial charge on any atom is -0.330 e. The molecule has 4 rings (SSSR count). The van der Waals surface area contributed by atoms with E-state index in [0.717, 1.165) is 21.7 Å². The predicted molar refractivity (Wildman–Crippen MR) is 93.9 cm³/mol. The van der Waals surface area contributed by atoms with Crippen molar-refractivity contribution < 1.29 is 4.79 Å². The van der Waals surface area contributed by atoms with E-state index in [9.17, 15) is 4.79 Å². The lowest BCUT2D eigenvalue weighted by Gasteiger charge is -2.28. The molecule has 0 saturated carbocycles. The molecule has 0 atom stereocenters. The minimum atomic E-state index is 0.128. The molecule has 4 nitrogen and oxygen atoms in total. The van der Waals surface area contributed by atoms with Gasteiger partial charge in [0.25, 0.3) is 0 Å². The Hall–Kier alpha value is -1.92. The summed E-state index contributed by atoms with van der Waals surface area (Å²) in [5.41, 5.74) is 3.10. The highest BCUT2D eigenvalue weighted by molar-refractivity contribution is 9.10. The number of imidazole rings is 1. The molecule has 1 aliphatic heterocycles. The smallest absolute Gasteiger partial charge is 0.243 e. The van der Waals surface area contributed by atoms with Crippen molar-refractivity contribution in [3.63, 3.8) is 0 Å². The largest absolute Gasteiger partial charge is 0.330 e. The second kappa shape index (κ2) is 5.94. The van der Waals surface area contributed by atoms with E-state index in [2.05, 4.69) is 39.1 Å². The number of amides is 1. The number of hydrogen-bond donors (Lipinski definition) is 0. The minimum absolute atomic E-state index is 0.128. The van der Waals surface area contributed by atoms with Gasteiger partial charge in [0.2, 0.25) is 5.91 Å². The third-order valence-electron chi connectivity index (χ3n) is 3.99. The molecule has 3 aromatic rings. The van der Waals surface area contributed by atoms with Gasteiger partial charge in [0.15, 0.2) is 4.73 Å². The molecule has 1 aromatic carbocycles. The highest BCUT2D eigenvalue weighted by Crippen LogP contribution is 2.31. The van der Waals surface area contributed by atoms with Crippen molar-refractivity contribution in [2.75, 3.05) is 0 Å². The molecule has 116 valence electrons. The van der Waals surface area contributed by atoms with E-state index in [4.69, 9.17) is 0 Å². The molecule has 3 heterocycles. The van der Waals surface area contributed by atoms with Gasteiger partial charge in [-0.1, -0.05) is 36.4 Å². The Morgan fingerprint density at radius 2 is 1.96 bits per heavy atom. The van der Waals surface area contributed by atoms with Crippen LogP contribution < -0.4 is 0 Å². The zero-order chi connectivity index (χ0) is 15.8. The molecule has 0 unspecified atom stereocenters. The molecule has 0 spiro atoms. The maximum Gasteiger partial charge on any atom is 0.243 e. The molecule has 1 amide bonds. The van der Waals surface area contributed by atoms with Crippen LogP contribution in [0.1, 0.15) is 10.6 Å². The van der Waals surface area contributed by atoms with Crippen molar-refractivity contribution in [2.24, 2.45) is 0 Å². The van der Waals surface area contributed by atoms with E-state index in [0.29, 0.717) is 19.6 Å². The molecule has 0 saturated heterocycles. The van der Waals surface area contributed by atoms with Crippen LogP contribution in [0.3, 0.4) is 0 Å². The van der Waals surface area contributed by atoms with E-state index in [-0.39, 0.29) is 5.91 Å². The summed E-state index contributed by atoms with van der Waals surface area (Å²) in [5, 5.41) is 2.04. The van der Waals surface area contributed by atoms with Crippen LogP contribution in [0.4, 0.5) is 0 Å². The number of carbonyl (C=O) groups excluding carboxylic acids is 1. The van der Waals surface area contributed by atoms with Crippen LogP contribution in [0.2, 0.25) is 0 Å². The van der Waals surface area contributed by atoms with Gasteiger partial charge in [-0.3, -0.25) is 4.79 Å². The average molecular weight is 388 g/mol. The average Bonchev–Trinajstić information content (AvgIpc) is 3.18. The number of nitrogens with zero attached hydrogens (tertiary/aromatic N) is 3. The molecule has 0 N–H and O–H groups in total. The number of rotatable bonds is 3. The molecule has 0 aliphatic carbocycles. The van der Waals surface area contributed by atoms with Crippen LogP contribution in [-0.2, 0) is 24.4 Å². The lowest BCUT2D eigenvalue weighted by molar-refractivity contribution is -0.134. The van der Waals surface area contributed by atoms with Gasteiger partial charge in [-0.15, -0.1) is 11.3 Å². The number of thiophene rings is 1. The first-order valence-electron chi connectivity index (χ1n) is 7.33. The van der Waals surface area contributed by atoms with E-state index in [1.165, 1.54) is 4.88 Å². The molecule has 0 fully saturated rings. The Labute approximate surface area is 146 Å². The molecule has 1 aliphatic rings. The fourth-order valence-electron chi connectivity index (χ4n) is 2.84. The predicted octanol–water partition coefficient (Wildman–Crippen LogP) is 3.92. The van der Waals surface area contributed by atoms with Gasteiger partial charge in [-0.2, -0.15) is 0 Å². The van der Waals surface area contributed by atoms with Crippen molar-refractivity contribution in [3.05, 3.63) is 63.1 Å². The summed E-state index contributed by atoms with van der Waals surface area (Å²) in [7, 11) is 0. The SMILES string of the molecule is O=C1Cn2c(Br)nc(-c3ccccc3)c2CN1Cc1cccs1. The monoisotopic (exact) mass is 387 g/mol. The van der Waals surface area contributed by atoms with Crippen LogP contribution in [0, 0.1) is 0 Å². The second-order valence-corrected chi connectivity index (χ2v) is 7.20. The van der Waals surface area contributed by atoms with Gasteiger partial charge < -0.3 is 9.47 Å². The third-order valence-corrected chi connectivity index (χ3v) is 5.45. The van der Waals surface area contributed by atoms with Crippen LogP contribution in [0.25, 0.3) is 11.3 Å². The summed E-state index contributed by atoms with van der Waals surface area (Å²) in [4.78, 5) is 20.2. The molecule has 0 bridgehead atoms. The number of hydrogen-bond acceptors (Lipinski definition) is 3. The standard InChI is InChI=1S/C17H14BrN3OS/c18-17-19-16(12-5-2-1-3-6-12)14-10-20(15(22)11-21(14)17)9-13-7-4-8-23-13/h1-8H,9-11H2. The molecular weight excluding hydrogens is 374 g/mol. The van der Waals surface area contributed by atoms with Crippen LogP contribution in [0.5, 0.6) is 0 Å². The van der Waals surface area contributed by atoms with Gasteiger partial charge in [-0.25, -0.2) is 4.98 Å². The maximum atomic E-state index is 12.4. The van der Waals surface area contributed by atoms with Crippen molar-refractivity contribution in [1.82, 2.24) is 14.5 Å². The van der Waals surface area contributed by atoms with E-state index in [1.54, 1.807) is 11.3 Å². The lowest BCUT2D eigenvalue weighted by Crippen LogP contribution is -2.38. The molecule has 2 aromatic heterocycles. The van der Waals surface area contributed by atoms with Crippen molar-refractivity contribution in [1.29, 1.82) is 0 Å². The highest BCUT2D eigenvalue weighted by atomic mass is 79.9. The van der Waals surface area contributed by atoms with Crippen molar-refractivity contribution >= 4 is 33.2 Å². The van der Waals surface area contributed by atoms with Gasteiger partial charge in [0, 0.05) is 10.4 Å². The van der Waals surface area contributed by atoms with E-state index in [1.807, 2.05) is 39.1 Å². The van der Waals surface area contributed by atoms with Gasteiger partial charge in [0.1, 0.15) is 6.54 Å². The first-order chi connectivity index (χ1) is 11.2. The Morgan fingerprint density at radius 1 is 1.13 bits per heavy atom. The first kappa shape index (κ1) is 14.7. The third kappa shape index (κ3) is 2.72. The van der Waals surface area contributed by atoms with Crippen LogP contribution >= 0.6 is 27.3 Å². The summed E-state index contributed by atoms with van der Waals surface area (Å²) in [5.74, 6) is 0.128. The second-order valence-electron chi connectivity index (χ2n) is 5.46. The van der Waals surface area contributed by atoms with Crippen LogP contribution in [0.15, 0.2) is 52.6 Å². The first-order valence-corrected chi connectivity index (χ1v) is 9.00. The van der Waals surface area contributed by atoms with Crippen molar-refractivity contribution in [2.45, 2.75) is 19.6 Å². The zero-order valence-electron chi connectivity index (χ0n) is 12.3. The Kier molecular flexibility index (Phi) is 3.79. The number of halogens is 1. The lowest BCUT2D eigenvalue weighted by atomic mass is 10.1. The normalized spacial score (nSPS) is 14.1. The summed E-state index contributed by atoms with van der Waals surface area (Å²) in [6.45, 7) is 1.58. The Morgan fingerprint density at radius 3 is 2.70 bits per heavy atom. The summed E-state index contributed by atoms with van der Waals surface area (Å²) >= 11 is 5.17. The summed E-state index contributed by atoms with van der Waals surface area (Å²) in [6, 6.07) is 14.2. The summed E-state index contributed by atoms with van der Waals surface area (Å²) < 4.78 is 2.69.